The molecule has 15 heavy (non-hydrogen) atoms. The summed E-state index contributed by atoms with van der Waals surface area (Å²) < 4.78 is 0. The fourth-order valence-electron chi connectivity index (χ4n) is 2.41. The zero-order chi connectivity index (χ0) is 10.9. The second-order valence-electron chi connectivity index (χ2n) is 5.61. The Hall–Kier alpha value is -0.570. The van der Waals surface area contributed by atoms with Gasteiger partial charge >= 0.3 is 0 Å². The first kappa shape index (κ1) is 10.9. The maximum Gasteiger partial charge on any atom is 0.237 e. The van der Waals surface area contributed by atoms with Crippen LogP contribution in [0.3, 0.4) is 0 Å². The molecule has 2 fully saturated rings. The molecule has 3 heteroatoms. The van der Waals surface area contributed by atoms with Crippen molar-refractivity contribution >= 4 is 5.91 Å². The average molecular weight is 210 g/mol. The monoisotopic (exact) mass is 210 g/mol. The van der Waals surface area contributed by atoms with Crippen LogP contribution < -0.4 is 10.6 Å². The van der Waals surface area contributed by atoms with Gasteiger partial charge in [0.05, 0.1) is 6.04 Å². The van der Waals surface area contributed by atoms with Crippen LogP contribution in [-0.2, 0) is 4.79 Å². The maximum absolute atomic E-state index is 11.6. The Labute approximate surface area is 92.0 Å². The SMILES string of the molecule is CC(C)CC1(CNC(=O)[C@H]2CCN2)CC1. The van der Waals surface area contributed by atoms with Crippen molar-refractivity contribution in [2.24, 2.45) is 11.3 Å². The molecule has 2 aliphatic rings. The predicted molar refractivity (Wildman–Crippen MR) is 60.5 cm³/mol. The standard InChI is InChI=1S/C12H22N2O/c1-9(2)7-12(4-5-12)8-14-11(15)10-3-6-13-10/h9-10,13H,3-8H2,1-2H3,(H,14,15)/t10-/m1/s1. The average Bonchev–Trinajstić information content (AvgIpc) is 2.78. The molecule has 1 saturated heterocycles. The summed E-state index contributed by atoms with van der Waals surface area (Å²) >= 11 is 0. The molecule has 1 aliphatic carbocycles. The van der Waals surface area contributed by atoms with E-state index in [0.717, 1.165) is 25.4 Å². The molecule has 1 atom stereocenters. The summed E-state index contributed by atoms with van der Waals surface area (Å²) in [6, 6.07) is 0.0971. The Balaban J connectivity index is 1.70. The number of carbonyl (C=O) groups excluding carboxylic acids is 1. The van der Waals surface area contributed by atoms with Gasteiger partial charge in [-0.15, -0.1) is 0 Å². The van der Waals surface area contributed by atoms with Gasteiger partial charge in [0, 0.05) is 6.54 Å². The van der Waals surface area contributed by atoms with Crippen molar-refractivity contribution in [3.63, 3.8) is 0 Å². The zero-order valence-corrected chi connectivity index (χ0v) is 9.81. The molecule has 0 radical (unpaired) electrons. The van der Waals surface area contributed by atoms with Gasteiger partial charge in [-0.05, 0) is 43.6 Å². The van der Waals surface area contributed by atoms with E-state index in [9.17, 15) is 4.79 Å². The number of nitrogens with one attached hydrogen (secondary N) is 2. The third-order valence-corrected chi connectivity index (χ3v) is 3.58. The van der Waals surface area contributed by atoms with Gasteiger partial charge in [0.2, 0.25) is 5.91 Å². The lowest BCUT2D eigenvalue weighted by molar-refractivity contribution is -0.125. The first-order valence-corrected chi connectivity index (χ1v) is 6.12. The molecular weight excluding hydrogens is 188 g/mol. The van der Waals surface area contributed by atoms with Crippen LogP contribution in [0, 0.1) is 11.3 Å². The molecule has 0 aromatic rings. The number of amides is 1. The molecule has 0 unspecified atom stereocenters. The number of hydrogen-bond acceptors (Lipinski definition) is 2. The number of rotatable bonds is 5. The fraction of sp³-hybridized carbons (Fsp3) is 0.917. The molecule has 86 valence electrons. The molecule has 0 aromatic heterocycles. The van der Waals surface area contributed by atoms with E-state index in [2.05, 4.69) is 24.5 Å². The Bertz CT molecular complexity index is 242. The van der Waals surface area contributed by atoms with E-state index >= 15 is 0 Å². The minimum Gasteiger partial charge on any atom is -0.354 e. The van der Waals surface area contributed by atoms with Crippen molar-refractivity contribution in [3.8, 4) is 0 Å². The molecule has 1 saturated carbocycles. The summed E-state index contributed by atoms with van der Waals surface area (Å²) in [5.41, 5.74) is 0.452. The summed E-state index contributed by atoms with van der Waals surface area (Å²) in [4.78, 5) is 11.6. The van der Waals surface area contributed by atoms with Gasteiger partial charge in [-0.3, -0.25) is 4.79 Å². The van der Waals surface area contributed by atoms with E-state index in [1.165, 1.54) is 19.3 Å². The van der Waals surface area contributed by atoms with Crippen molar-refractivity contribution in [1.82, 2.24) is 10.6 Å². The lowest BCUT2D eigenvalue weighted by Gasteiger charge is -2.27. The van der Waals surface area contributed by atoms with Crippen LogP contribution in [-0.4, -0.2) is 25.0 Å². The maximum atomic E-state index is 11.6. The van der Waals surface area contributed by atoms with Crippen LogP contribution in [0.25, 0.3) is 0 Å². The molecule has 0 bridgehead atoms. The molecule has 2 rings (SSSR count). The summed E-state index contributed by atoms with van der Waals surface area (Å²) in [7, 11) is 0. The van der Waals surface area contributed by atoms with Gasteiger partial charge in [-0.1, -0.05) is 13.8 Å². The van der Waals surface area contributed by atoms with Gasteiger partial charge in [-0.2, -0.15) is 0 Å². The van der Waals surface area contributed by atoms with Crippen LogP contribution in [0.2, 0.25) is 0 Å². The fourth-order valence-corrected chi connectivity index (χ4v) is 2.41. The highest BCUT2D eigenvalue weighted by molar-refractivity contribution is 5.82. The third-order valence-electron chi connectivity index (χ3n) is 3.58. The van der Waals surface area contributed by atoms with E-state index < -0.39 is 0 Å². The van der Waals surface area contributed by atoms with Crippen molar-refractivity contribution in [2.75, 3.05) is 13.1 Å². The Morgan fingerprint density at radius 2 is 2.20 bits per heavy atom. The highest BCUT2D eigenvalue weighted by Crippen LogP contribution is 2.49. The molecule has 2 N–H and O–H groups in total. The zero-order valence-electron chi connectivity index (χ0n) is 9.81. The van der Waals surface area contributed by atoms with Crippen molar-refractivity contribution in [2.45, 2.75) is 45.6 Å². The third kappa shape index (κ3) is 2.71. The topological polar surface area (TPSA) is 41.1 Å². The highest BCUT2D eigenvalue weighted by atomic mass is 16.2. The van der Waals surface area contributed by atoms with Crippen molar-refractivity contribution in [3.05, 3.63) is 0 Å². The van der Waals surface area contributed by atoms with Gasteiger partial charge in [0.15, 0.2) is 0 Å². The Morgan fingerprint density at radius 3 is 2.60 bits per heavy atom. The number of hydrogen-bond donors (Lipinski definition) is 2. The molecule has 1 heterocycles. The molecule has 1 amide bonds. The normalized spacial score (nSPS) is 27.3. The largest absolute Gasteiger partial charge is 0.354 e. The van der Waals surface area contributed by atoms with E-state index in [4.69, 9.17) is 0 Å². The minimum absolute atomic E-state index is 0.0971. The van der Waals surface area contributed by atoms with Crippen molar-refractivity contribution < 1.29 is 4.79 Å². The highest BCUT2D eigenvalue weighted by Gasteiger charge is 2.43. The second-order valence-corrected chi connectivity index (χ2v) is 5.61. The van der Waals surface area contributed by atoms with Crippen LogP contribution >= 0.6 is 0 Å². The first-order chi connectivity index (χ1) is 7.11. The van der Waals surface area contributed by atoms with Crippen LogP contribution in [0.5, 0.6) is 0 Å². The Kier molecular flexibility index (Phi) is 3.01. The number of carbonyl (C=O) groups is 1. The Morgan fingerprint density at radius 1 is 1.53 bits per heavy atom. The predicted octanol–water partition coefficient (Wildman–Crippen LogP) is 1.29. The van der Waals surface area contributed by atoms with Crippen LogP contribution in [0.1, 0.15) is 39.5 Å². The summed E-state index contributed by atoms with van der Waals surface area (Å²) in [6.45, 7) is 6.40. The lowest BCUT2D eigenvalue weighted by atomic mass is 9.94. The molecule has 3 nitrogen and oxygen atoms in total. The summed E-state index contributed by atoms with van der Waals surface area (Å²) in [6.07, 6.45) is 4.85. The van der Waals surface area contributed by atoms with Gasteiger partial charge in [0.25, 0.3) is 0 Å². The van der Waals surface area contributed by atoms with E-state index in [1.807, 2.05) is 0 Å². The second kappa shape index (κ2) is 4.12. The van der Waals surface area contributed by atoms with Crippen LogP contribution in [0.15, 0.2) is 0 Å². The lowest BCUT2D eigenvalue weighted by Crippen LogP contribution is -2.53. The van der Waals surface area contributed by atoms with Crippen molar-refractivity contribution in [1.29, 1.82) is 0 Å². The summed E-state index contributed by atoms with van der Waals surface area (Å²) in [5.74, 6) is 0.947. The molecule has 0 aromatic carbocycles. The van der Waals surface area contributed by atoms with Gasteiger partial charge in [-0.25, -0.2) is 0 Å². The van der Waals surface area contributed by atoms with Gasteiger partial charge in [0.1, 0.15) is 0 Å². The summed E-state index contributed by atoms with van der Waals surface area (Å²) in [5, 5.41) is 6.22. The van der Waals surface area contributed by atoms with E-state index in [1.54, 1.807) is 0 Å². The molecule has 0 spiro atoms. The molecular formula is C12H22N2O. The van der Waals surface area contributed by atoms with E-state index in [-0.39, 0.29) is 11.9 Å². The van der Waals surface area contributed by atoms with Gasteiger partial charge < -0.3 is 10.6 Å². The van der Waals surface area contributed by atoms with Crippen LogP contribution in [0.4, 0.5) is 0 Å². The van der Waals surface area contributed by atoms with E-state index in [0.29, 0.717) is 5.41 Å². The minimum atomic E-state index is 0.0971. The smallest absolute Gasteiger partial charge is 0.237 e. The molecule has 1 aliphatic heterocycles. The first-order valence-electron chi connectivity index (χ1n) is 6.12. The quantitative estimate of drug-likeness (QED) is 0.718.